The number of nitrogen functional groups attached to an aromatic ring is 1. The van der Waals surface area contributed by atoms with Gasteiger partial charge >= 0.3 is 6.01 Å². The maximum absolute atomic E-state index is 16.5. The van der Waals surface area contributed by atoms with E-state index < -0.39 is 11.6 Å². The van der Waals surface area contributed by atoms with Crippen LogP contribution >= 0.6 is 22.9 Å². The Morgan fingerprint density at radius 2 is 2.10 bits per heavy atom. The predicted octanol–water partition coefficient (Wildman–Crippen LogP) is 5.09. The predicted molar refractivity (Wildman–Crippen MR) is 157 cm³/mol. The summed E-state index contributed by atoms with van der Waals surface area (Å²) in [6, 6.07) is 4.34. The Balaban J connectivity index is 1.44. The molecule has 2 fully saturated rings. The van der Waals surface area contributed by atoms with E-state index >= 15 is 4.39 Å². The van der Waals surface area contributed by atoms with Crippen LogP contribution in [0, 0.1) is 11.6 Å². The molecule has 13 heteroatoms. The van der Waals surface area contributed by atoms with Gasteiger partial charge in [0.25, 0.3) is 0 Å². The molecule has 2 saturated heterocycles. The van der Waals surface area contributed by atoms with Crippen LogP contribution in [0.1, 0.15) is 19.3 Å². The maximum Gasteiger partial charge on any atom is 0.319 e. The number of nitrogens with two attached hydrogens (primary N) is 1. The molecule has 4 heterocycles. The highest BCUT2D eigenvalue weighted by atomic mass is 35.5. The number of aromatic nitrogens is 3. The summed E-state index contributed by atoms with van der Waals surface area (Å²) in [6.07, 6.45) is 4.01. The van der Waals surface area contributed by atoms with Gasteiger partial charge in [0.05, 0.1) is 15.2 Å². The van der Waals surface area contributed by atoms with Crippen LogP contribution in [0.4, 0.5) is 19.7 Å². The van der Waals surface area contributed by atoms with Gasteiger partial charge in [-0.15, -0.1) is 0 Å². The van der Waals surface area contributed by atoms with Gasteiger partial charge in [0.15, 0.2) is 10.9 Å². The first kappa shape index (κ1) is 27.6. The van der Waals surface area contributed by atoms with Gasteiger partial charge in [0, 0.05) is 41.7 Å². The average Bonchev–Trinajstić information content (AvgIpc) is 3.69. The number of carbonyl (C=O) groups excluding carboxylic acids is 1. The number of halogens is 3. The van der Waals surface area contributed by atoms with E-state index in [9.17, 15) is 9.18 Å². The van der Waals surface area contributed by atoms with Gasteiger partial charge in [0.1, 0.15) is 23.8 Å². The number of thiazole rings is 1. The van der Waals surface area contributed by atoms with E-state index in [-0.39, 0.29) is 55.5 Å². The lowest BCUT2D eigenvalue weighted by Gasteiger charge is -2.21. The lowest BCUT2D eigenvalue weighted by Crippen LogP contribution is -2.31. The summed E-state index contributed by atoms with van der Waals surface area (Å²) >= 11 is 7.67. The Morgan fingerprint density at radius 1 is 1.27 bits per heavy atom. The molecule has 2 aromatic heterocycles. The second kappa shape index (κ2) is 11.0. The zero-order valence-electron chi connectivity index (χ0n) is 22.3. The lowest BCUT2D eigenvalue weighted by molar-refractivity contribution is -0.125. The van der Waals surface area contributed by atoms with Crippen molar-refractivity contribution in [1.82, 2.24) is 24.8 Å². The number of nitrogens with zero attached hydrogens (tertiary/aromatic N) is 5. The normalized spacial score (nSPS) is 19.4. The summed E-state index contributed by atoms with van der Waals surface area (Å²) in [5, 5.41) is 3.94. The summed E-state index contributed by atoms with van der Waals surface area (Å²) in [5.41, 5.74) is 6.41. The molecule has 0 bridgehead atoms. The summed E-state index contributed by atoms with van der Waals surface area (Å²) in [7, 11) is 2.04. The molecular weight excluding hydrogens is 572 g/mol. The highest BCUT2D eigenvalue weighted by Crippen LogP contribution is 2.42. The molecule has 6 rings (SSSR count). The summed E-state index contributed by atoms with van der Waals surface area (Å²) in [5.74, 6) is -1.02. The van der Waals surface area contributed by atoms with Crippen molar-refractivity contribution in [1.29, 1.82) is 0 Å². The molecule has 0 spiro atoms. The third-order valence-corrected chi connectivity index (χ3v) is 8.93. The highest BCUT2D eigenvalue weighted by molar-refractivity contribution is 7.22. The van der Waals surface area contributed by atoms with Crippen molar-refractivity contribution in [2.45, 2.75) is 31.3 Å². The van der Waals surface area contributed by atoms with Crippen LogP contribution in [0.5, 0.6) is 6.01 Å². The second-order valence-corrected chi connectivity index (χ2v) is 11.8. The number of benzene rings is 2. The van der Waals surface area contributed by atoms with Crippen molar-refractivity contribution < 1.29 is 18.3 Å². The fourth-order valence-corrected chi connectivity index (χ4v) is 6.61. The minimum atomic E-state index is -0.713. The van der Waals surface area contributed by atoms with Gasteiger partial charge in [-0.3, -0.25) is 4.79 Å². The van der Waals surface area contributed by atoms with Crippen LogP contribution in [0.15, 0.2) is 30.9 Å². The monoisotopic (exact) mass is 599 g/mol. The van der Waals surface area contributed by atoms with Crippen LogP contribution in [0.25, 0.3) is 32.2 Å². The van der Waals surface area contributed by atoms with Crippen molar-refractivity contribution in [3.05, 3.63) is 47.5 Å². The molecule has 9 nitrogen and oxygen atoms in total. The third-order valence-electron chi connectivity index (χ3n) is 7.74. The molecule has 41 heavy (non-hydrogen) atoms. The topological polar surface area (TPSA) is 110 Å². The number of nitrogens with one attached hydrogen (secondary N) is 1. The average molecular weight is 600 g/mol. The van der Waals surface area contributed by atoms with Crippen molar-refractivity contribution in [2.75, 3.05) is 44.3 Å². The van der Waals surface area contributed by atoms with E-state index in [0.717, 1.165) is 30.7 Å². The molecular formula is C28H28ClF2N7O2S. The Labute approximate surface area is 244 Å². The number of hydrogen-bond acceptors (Lipinski definition) is 9. The zero-order chi connectivity index (χ0) is 28.8. The maximum atomic E-state index is 16.5. The Hall–Kier alpha value is -3.61. The molecule has 2 aliphatic heterocycles. The molecule has 2 aromatic carbocycles. The Kier molecular flexibility index (Phi) is 7.39. The quantitative estimate of drug-likeness (QED) is 0.283. The molecule has 4 aromatic rings. The molecule has 0 aliphatic carbocycles. The van der Waals surface area contributed by atoms with Gasteiger partial charge in [-0.1, -0.05) is 29.5 Å². The van der Waals surface area contributed by atoms with E-state index in [1.807, 2.05) is 7.05 Å². The number of rotatable bonds is 7. The van der Waals surface area contributed by atoms with Gasteiger partial charge < -0.3 is 25.6 Å². The van der Waals surface area contributed by atoms with Crippen molar-refractivity contribution in [3.8, 4) is 17.1 Å². The second-order valence-electron chi connectivity index (χ2n) is 10.3. The first-order valence-corrected chi connectivity index (χ1v) is 14.5. The van der Waals surface area contributed by atoms with Gasteiger partial charge in [-0.2, -0.15) is 9.97 Å². The number of hydrogen-bond donors (Lipinski definition) is 2. The molecule has 1 amide bonds. The molecule has 2 atom stereocenters. The molecule has 2 aliphatic rings. The number of carbonyl (C=O) groups is 1. The van der Waals surface area contributed by atoms with Crippen LogP contribution in [0.3, 0.4) is 0 Å². The van der Waals surface area contributed by atoms with E-state index in [2.05, 4.69) is 31.7 Å². The SMILES string of the molecule is C=CC(=O)N1CCC(Nc2nc(OCC3CCCN3C)nc3c(F)c(-c4ccc(F)c5sc(N)nc45)c(Cl)cc23)C1. The standard InChI is InChI=1S/C28H28ClF2N7O2S/c1-3-20(39)38-10-8-14(12-38)33-26-17-11-18(29)21(16-6-7-19(30)25-24(16)34-27(32)41-25)22(31)23(17)35-28(36-26)40-13-15-5-4-9-37(15)2/h3,6-7,11,14-15H,1,4-5,8-10,12-13H2,2H3,(H2,32,34)(H,33,35,36). The van der Waals surface area contributed by atoms with Crippen molar-refractivity contribution in [2.24, 2.45) is 0 Å². The molecule has 2 unspecified atom stereocenters. The summed E-state index contributed by atoms with van der Waals surface area (Å²) < 4.78 is 37.2. The van der Waals surface area contributed by atoms with Crippen molar-refractivity contribution >= 4 is 60.9 Å². The Bertz CT molecular complexity index is 1680. The molecule has 0 saturated carbocycles. The van der Waals surface area contributed by atoms with E-state index in [1.165, 1.54) is 18.2 Å². The molecule has 0 radical (unpaired) electrons. The number of likely N-dealkylation sites (N-methyl/N-ethyl adjacent to an activating group) is 1. The van der Waals surface area contributed by atoms with Crippen LogP contribution < -0.4 is 15.8 Å². The highest BCUT2D eigenvalue weighted by Gasteiger charge is 2.28. The molecule has 214 valence electrons. The van der Waals surface area contributed by atoms with Crippen molar-refractivity contribution in [3.63, 3.8) is 0 Å². The van der Waals surface area contributed by atoms with E-state index in [4.69, 9.17) is 22.1 Å². The van der Waals surface area contributed by atoms with Gasteiger partial charge in [0.2, 0.25) is 5.91 Å². The number of ether oxygens (including phenoxy) is 1. The minimum Gasteiger partial charge on any atom is -0.462 e. The first-order chi connectivity index (χ1) is 19.7. The smallest absolute Gasteiger partial charge is 0.319 e. The summed E-state index contributed by atoms with van der Waals surface area (Å²) in [4.78, 5) is 29.3. The van der Waals surface area contributed by atoms with Gasteiger partial charge in [-0.05, 0) is 57.1 Å². The zero-order valence-corrected chi connectivity index (χ0v) is 23.9. The number of anilines is 2. The number of amides is 1. The largest absolute Gasteiger partial charge is 0.462 e. The lowest BCUT2D eigenvalue weighted by atomic mass is 10.0. The fourth-order valence-electron chi connectivity index (χ4n) is 5.55. The third kappa shape index (κ3) is 5.15. The first-order valence-electron chi connectivity index (χ1n) is 13.3. The number of fused-ring (bicyclic) bond motifs is 2. The van der Waals surface area contributed by atoms with Gasteiger partial charge in [-0.25, -0.2) is 13.8 Å². The fraction of sp³-hybridized carbons (Fsp3) is 0.357. The van der Waals surface area contributed by atoms with Crippen LogP contribution in [0.2, 0.25) is 5.02 Å². The molecule has 3 N–H and O–H groups in total. The van der Waals surface area contributed by atoms with E-state index in [1.54, 1.807) is 11.0 Å². The Morgan fingerprint density at radius 3 is 2.85 bits per heavy atom. The minimum absolute atomic E-state index is 0.00521. The number of likely N-dealkylation sites (tertiary alicyclic amines) is 2. The van der Waals surface area contributed by atoms with E-state index in [0.29, 0.717) is 42.9 Å². The van der Waals surface area contributed by atoms with Crippen LogP contribution in [-0.2, 0) is 4.79 Å². The van der Waals surface area contributed by atoms with Crippen LogP contribution in [-0.4, -0.2) is 76.0 Å². The summed E-state index contributed by atoms with van der Waals surface area (Å²) in [6.45, 7) is 5.88.